The Kier molecular flexibility index (Phi) is 3.90. The van der Waals surface area contributed by atoms with E-state index in [-0.39, 0.29) is 35.7 Å². The van der Waals surface area contributed by atoms with Crippen LogP contribution in [0.25, 0.3) is 0 Å². The molecule has 1 aliphatic heterocycles. The van der Waals surface area contributed by atoms with Gasteiger partial charge in [-0.2, -0.15) is 0 Å². The Balaban J connectivity index is 2.09. The SMILES string of the molecule is CC(C)[C@@H]1C(=O)NCCN1C(=O)[C@@H]1CC[C@@H](N)C1. The summed E-state index contributed by atoms with van der Waals surface area (Å²) in [6.45, 7) is 5.15. The van der Waals surface area contributed by atoms with Crippen LogP contribution in [0, 0.1) is 11.8 Å². The Morgan fingerprint density at radius 2 is 2.17 bits per heavy atom. The van der Waals surface area contributed by atoms with Crippen LogP contribution in [0.4, 0.5) is 0 Å². The molecular formula is C13H23N3O2. The second-order valence-electron chi connectivity index (χ2n) is 5.78. The molecule has 5 heteroatoms. The molecule has 0 radical (unpaired) electrons. The van der Waals surface area contributed by atoms with E-state index in [0.717, 1.165) is 19.3 Å². The van der Waals surface area contributed by atoms with Crippen LogP contribution in [0.2, 0.25) is 0 Å². The van der Waals surface area contributed by atoms with E-state index in [4.69, 9.17) is 5.73 Å². The summed E-state index contributed by atoms with van der Waals surface area (Å²) in [6, 6.07) is -0.168. The van der Waals surface area contributed by atoms with Crippen LogP contribution in [-0.2, 0) is 9.59 Å². The lowest BCUT2D eigenvalue weighted by atomic mass is 9.96. The average molecular weight is 253 g/mol. The lowest BCUT2D eigenvalue weighted by Crippen LogP contribution is -2.60. The molecular weight excluding hydrogens is 230 g/mol. The molecule has 0 aromatic heterocycles. The van der Waals surface area contributed by atoms with Gasteiger partial charge in [-0.1, -0.05) is 13.8 Å². The van der Waals surface area contributed by atoms with Gasteiger partial charge >= 0.3 is 0 Å². The lowest BCUT2D eigenvalue weighted by Gasteiger charge is -2.38. The number of piperazine rings is 1. The van der Waals surface area contributed by atoms with Gasteiger partial charge in [-0.25, -0.2) is 0 Å². The number of carbonyl (C=O) groups excluding carboxylic acids is 2. The summed E-state index contributed by atoms with van der Waals surface area (Å²) in [5.41, 5.74) is 5.86. The molecule has 3 atom stereocenters. The van der Waals surface area contributed by atoms with Gasteiger partial charge in [0.15, 0.2) is 0 Å². The van der Waals surface area contributed by atoms with Crippen molar-refractivity contribution in [3.05, 3.63) is 0 Å². The maximum absolute atomic E-state index is 12.5. The zero-order valence-corrected chi connectivity index (χ0v) is 11.2. The fourth-order valence-corrected chi connectivity index (χ4v) is 3.07. The van der Waals surface area contributed by atoms with E-state index < -0.39 is 0 Å². The van der Waals surface area contributed by atoms with E-state index >= 15 is 0 Å². The van der Waals surface area contributed by atoms with Crippen molar-refractivity contribution in [3.8, 4) is 0 Å². The van der Waals surface area contributed by atoms with Gasteiger partial charge < -0.3 is 16.0 Å². The van der Waals surface area contributed by atoms with Crippen molar-refractivity contribution in [3.63, 3.8) is 0 Å². The zero-order chi connectivity index (χ0) is 13.3. The molecule has 3 N–H and O–H groups in total. The van der Waals surface area contributed by atoms with Gasteiger partial charge in [0.05, 0.1) is 0 Å². The first kappa shape index (κ1) is 13.3. The van der Waals surface area contributed by atoms with E-state index in [1.54, 1.807) is 4.90 Å². The third kappa shape index (κ3) is 2.51. The third-order valence-corrected chi connectivity index (χ3v) is 3.99. The van der Waals surface area contributed by atoms with Gasteiger partial charge in [0.1, 0.15) is 6.04 Å². The Morgan fingerprint density at radius 3 is 2.72 bits per heavy atom. The average Bonchev–Trinajstić information content (AvgIpc) is 2.74. The van der Waals surface area contributed by atoms with Crippen LogP contribution in [0.3, 0.4) is 0 Å². The highest BCUT2D eigenvalue weighted by Crippen LogP contribution is 2.28. The maximum atomic E-state index is 12.5. The van der Waals surface area contributed by atoms with E-state index in [2.05, 4.69) is 5.32 Å². The van der Waals surface area contributed by atoms with E-state index in [1.165, 1.54) is 0 Å². The third-order valence-electron chi connectivity index (χ3n) is 3.99. The topological polar surface area (TPSA) is 75.4 Å². The molecule has 2 rings (SSSR count). The maximum Gasteiger partial charge on any atom is 0.243 e. The molecule has 1 heterocycles. The smallest absolute Gasteiger partial charge is 0.243 e. The molecule has 1 aliphatic carbocycles. The second kappa shape index (κ2) is 5.26. The van der Waals surface area contributed by atoms with Crippen LogP contribution < -0.4 is 11.1 Å². The molecule has 5 nitrogen and oxygen atoms in total. The van der Waals surface area contributed by atoms with Crippen LogP contribution in [0.5, 0.6) is 0 Å². The molecule has 2 fully saturated rings. The number of nitrogens with one attached hydrogen (secondary N) is 1. The lowest BCUT2D eigenvalue weighted by molar-refractivity contribution is -0.147. The first-order valence-corrected chi connectivity index (χ1v) is 6.84. The largest absolute Gasteiger partial charge is 0.353 e. The number of nitrogens with zero attached hydrogens (tertiary/aromatic N) is 1. The summed E-state index contributed by atoms with van der Waals surface area (Å²) in [5, 5.41) is 2.84. The van der Waals surface area contributed by atoms with Crippen molar-refractivity contribution < 1.29 is 9.59 Å². The number of rotatable bonds is 2. The van der Waals surface area contributed by atoms with Gasteiger partial charge in [0.2, 0.25) is 11.8 Å². The summed E-state index contributed by atoms with van der Waals surface area (Å²) in [5.74, 6) is 0.264. The van der Waals surface area contributed by atoms with Crippen molar-refractivity contribution in [1.29, 1.82) is 0 Å². The fraction of sp³-hybridized carbons (Fsp3) is 0.846. The number of carbonyl (C=O) groups is 2. The Morgan fingerprint density at radius 1 is 1.44 bits per heavy atom. The molecule has 2 amide bonds. The standard InChI is InChI=1S/C13H23N3O2/c1-8(2)11-12(17)15-5-6-16(11)13(18)9-3-4-10(14)7-9/h8-11H,3-7,14H2,1-2H3,(H,15,17)/t9-,10-,11-/m1/s1. The van der Waals surface area contributed by atoms with Crippen LogP contribution in [0.1, 0.15) is 33.1 Å². The summed E-state index contributed by atoms with van der Waals surface area (Å²) in [7, 11) is 0. The summed E-state index contributed by atoms with van der Waals surface area (Å²) in [4.78, 5) is 26.2. The first-order chi connectivity index (χ1) is 8.50. The summed E-state index contributed by atoms with van der Waals surface area (Å²) < 4.78 is 0. The minimum atomic E-state index is -0.317. The Hall–Kier alpha value is -1.10. The minimum Gasteiger partial charge on any atom is -0.353 e. The van der Waals surface area contributed by atoms with E-state index in [9.17, 15) is 9.59 Å². The minimum absolute atomic E-state index is 0.0205. The Labute approximate surface area is 108 Å². The normalized spacial score (nSPS) is 32.8. The van der Waals surface area contributed by atoms with Crippen molar-refractivity contribution in [2.45, 2.75) is 45.2 Å². The molecule has 1 saturated heterocycles. The molecule has 0 aromatic carbocycles. The fourth-order valence-electron chi connectivity index (χ4n) is 3.07. The van der Waals surface area contributed by atoms with Crippen LogP contribution in [-0.4, -0.2) is 41.9 Å². The predicted molar refractivity (Wildman–Crippen MR) is 68.7 cm³/mol. The van der Waals surface area contributed by atoms with Gasteiger partial charge in [0, 0.05) is 25.0 Å². The van der Waals surface area contributed by atoms with Crippen molar-refractivity contribution in [2.24, 2.45) is 17.6 Å². The number of amides is 2. The second-order valence-corrected chi connectivity index (χ2v) is 5.78. The van der Waals surface area contributed by atoms with Crippen molar-refractivity contribution >= 4 is 11.8 Å². The number of nitrogens with two attached hydrogens (primary N) is 1. The molecule has 0 bridgehead atoms. The highest BCUT2D eigenvalue weighted by atomic mass is 16.2. The van der Waals surface area contributed by atoms with Gasteiger partial charge in [-0.15, -0.1) is 0 Å². The molecule has 1 saturated carbocycles. The highest BCUT2D eigenvalue weighted by Gasteiger charge is 2.39. The molecule has 0 spiro atoms. The van der Waals surface area contributed by atoms with Crippen molar-refractivity contribution in [2.75, 3.05) is 13.1 Å². The van der Waals surface area contributed by atoms with E-state index in [0.29, 0.717) is 13.1 Å². The first-order valence-electron chi connectivity index (χ1n) is 6.84. The number of hydrogen-bond acceptors (Lipinski definition) is 3. The molecule has 102 valence electrons. The van der Waals surface area contributed by atoms with Crippen LogP contribution >= 0.6 is 0 Å². The molecule has 0 aromatic rings. The van der Waals surface area contributed by atoms with Crippen molar-refractivity contribution in [1.82, 2.24) is 10.2 Å². The zero-order valence-electron chi connectivity index (χ0n) is 11.2. The van der Waals surface area contributed by atoms with Crippen LogP contribution in [0.15, 0.2) is 0 Å². The van der Waals surface area contributed by atoms with E-state index in [1.807, 2.05) is 13.8 Å². The summed E-state index contributed by atoms with van der Waals surface area (Å²) in [6.07, 6.45) is 2.55. The Bertz CT molecular complexity index is 343. The quantitative estimate of drug-likeness (QED) is 0.732. The predicted octanol–water partition coefficient (Wildman–Crippen LogP) is 0.0968. The molecule has 2 aliphatic rings. The molecule has 0 unspecified atom stereocenters. The van der Waals surface area contributed by atoms with Gasteiger partial charge in [-0.05, 0) is 25.2 Å². The molecule has 18 heavy (non-hydrogen) atoms. The number of hydrogen-bond donors (Lipinski definition) is 2. The monoisotopic (exact) mass is 253 g/mol. The summed E-state index contributed by atoms with van der Waals surface area (Å²) >= 11 is 0. The van der Waals surface area contributed by atoms with Gasteiger partial charge in [-0.3, -0.25) is 9.59 Å². The van der Waals surface area contributed by atoms with Gasteiger partial charge in [0.25, 0.3) is 0 Å². The highest BCUT2D eigenvalue weighted by molar-refractivity contribution is 5.90.